The molecule has 1 heterocycles. The molecule has 1 aliphatic heterocycles. The number of ether oxygens (including phenoxy) is 1. The molecule has 4 heteroatoms. The van der Waals surface area contributed by atoms with E-state index in [2.05, 4.69) is 0 Å². The molecule has 1 unspecified atom stereocenters. The smallest absolute Gasteiger partial charge is 0.229 e. The fourth-order valence-electron chi connectivity index (χ4n) is 2.51. The zero-order chi connectivity index (χ0) is 12.9. The van der Waals surface area contributed by atoms with Gasteiger partial charge in [-0.15, -0.1) is 0 Å². The highest BCUT2D eigenvalue weighted by molar-refractivity contribution is 5.82. The van der Waals surface area contributed by atoms with E-state index in [9.17, 15) is 4.79 Å². The molecule has 1 atom stereocenters. The third kappa shape index (κ3) is 3.19. The topological polar surface area (TPSA) is 55.6 Å². The molecule has 1 fully saturated rings. The normalized spacial score (nSPS) is 20.6. The maximum absolute atomic E-state index is 12.4. The average Bonchev–Trinajstić information content (AvgIpc) is 2.84. The molecule has 0 aromatic rings. The van der Waals surface area contributed by atoms with Gasteiger partial charge in [0.2, 0.25) is 5.91 Å². The lowest BCUT2D eigenvalue weighted by atomic mass is 9.81. The molecule has 17 heavy (non-hydrogen) atoms. The highest BCUT2D eigenvalue weighted by Crippen LogP contribution is 2.27. The lowest BCUT2D eigenvalue weighted by Crippen LogP contribution is -2.48. The Morgan fingerprint density at radius 1 is 1.47 bits per heavy atom. The van der Waals surface area contributed by atoms with Crippen molar-refractivity contribution in [2.45, 2.75) is 45.6 Å². The molecule has 100 valence electrons. The van der Waals surface area contributed by atoms with Crippen LogP contribution in [0, 0.1) is 5.41 Å². The monoisotopic (exact) mass is 242 g/mol. The third-order valence-corrected chi connectivity index (χ3v) is 4.05. The average molecular weight is 242 g/mol. The van der Waals surface area contributed by atoms with Gasteiger partial charge >= 0.3 is 0 Å². The van der Waals surface area contributed by atoms with Gasteiger partial charge < -0.3 is 15.4 Å². The van der Waals surface area contributed by atoms with Crippen molar-refractivity contribution in [2.24, 2.45) is 11.1 Å². The van der Waals surface area contributed by atoms with Gasteiger partial charge in [-0.1, -0.05) is 13.8 Å². The quantitative estimate of drug-likeness (QED) is 0.765. The summed E-state index contributed by atoms with van der Waals surface area (Å²) < 4.78 is 5.56. The van der Waals surface area contributed by atoms with Crippen LogP contribution in [-0.4, -0.2) is 43.7 Å². The van der Waals surface area contributed by atoms with Gasteiger partial charge in [0.1, 0.15) is 0 Å². The molecule has 0 radical (unpaired) electrons. The summed E-state index contributed by atoms with van der Waals surface area (Å²) in [7, 11) is 1.86. The van der Waals surface area contributed by atoms with E-state index in [0.717, 1.165) is 32.3 Å². The van der Waals surface area contributed by atoms with Crippen LogP contribution in [0.4, 0.5) is 0 Å². The highest BCUT2D eigenvalue weighted by Gasteiger charge is 2.36. The molecule has 1 rings (SSSR count). The van der Waals surface area contributed by atoms with Gasteiger partial charge in [-0.25, -0.2) is 0 Å². The predicted octanol–water partition coefficient (Wildman–Crippen LogP) is 1.39. The Morgan fingerprint density at radius 3 is 2.53 bits per heavy atom. The summed E-state index contributed by atoms with van der Waals surface area (Å²) in [5.74, 6) is 0.167. The first-order valence-electron chi connectivity index (χ1n) is 6.67. The maximum atomic E-state index is 12.4. The lowest BCUT2D eigenvalue weighted by Gasteiger charge is -2.34. The maximum Gasteiger partial charge on any atom is 0.229 e. The van der Waals surface area contributed by atoms with Crippen LogP contribution < -0.4 is 5.73 Å². The molecule has 2 N–H and O–H groups in total. The summed E-state index contributed by atoms with van der Waals surface area (Å²) in [5, 5.41) is 0. The van der Waals surface area contributed by atoms with Crippen LogP contribution in [0.2, 0.25) is 0 Å². The second kappa shape index (κ2) is 6.36. The SMILES string of the molecule is CCC(CC)(CN)C(=O)N(C)CC1CCCO1. The van der Waals surface area contributed by atoms with E-state index < -0.39 is 0 Å². The Hall–Kier alpha value is -0.610. The van der Waals surface area contributed by atoms with Gasteiger partial charge in [0.25, 0.3) is 0 Å². The number of likely N-dealkylation sites (N-methyl/N-ethyl adjacent to an activating group) is 1. The summed E-state index contributed by atoms with van der Waals surface area (Å²) in [6, 6.07) is 0. The Bertz CT molecular complexity index is 238. The first-order valence-corrected chi connectivity index (χ1v) is 6.67. The fraction of sp³-hybridized carbons (Fsp3) is 0.923. The predicted molar refractivity (Wildman–Crippen MR) is 68.7 cm³/mol. The van der Waals surface area contributed by atoms with E-state index in [-0.39, 0.29) is 17.4 Å². The second-order valence-corrected chi connectivity index (χ2v) is 5.01. The van der Waals surface area contributed by atoms with Gasteiger partial charge in [0.15, 0.2) is 0 Å². The van der Waals surface area contributed by atoms with Gasteiger partial charge in [-0.05, 0) is 25.7 Å². The molecule has 0 bridgehead atoms. The van der Waals surface area contributed by atoms with Crippen molar-refractivity contribution in [3.8, 4) is 0 Å². The summed E-state index contributed by atoms with van der Waals surface area (Å²) in [4.78, 5) is 14.2. The van der Waals surface area contributed by atoms with Crippen molar-refractivity contribution >= 4 is 5.91 Å². The van der Waals surface area contributed by atoms with Crippen LogP contribution in [0.5, 0.6) is 0 Å². The summed E-state index contributed by atoms with van der Waals surface area (Å²) >= 11 is 0. The number of carbonyl (C=O) groups excluding carboxylic acids is 1. The molecule has 0 spiro atoms. The number of carbonyl (C=O) groups is 1. The van der Waals surface area contributed by atoms with E-state index in [0.29, 0.717) is 13.1 Å². The number of rotatable bonds is 6. The van der Waals surface area contributed by atoms with Crippen molar-refractivity contribution in [3.63, 3.8) is 0 Å². The molecule has 1 saturated heterocycles. The molecular formula is C13H26N2O2. The molecule has 1 aliphatic rings. The molecule has 4 nitrogen and oxygen atoms in total. The Balaban J connectivity index is 2.59. The van der Waals surface area contributed by atoms with Crippen molar-refractivity contribution in [1.82, 2.24) is 4.90 Å². The first kappa shape index (κ1) is 14.5. The van der Waals surface area contributed by atoms with Crippen molar-refractivity contribution in [1.29, 1.82) is 0 Å². The number of nitrogens with zero attached hydrogens (tertiary/aromatic N) is 1. The van der Waals surface area contributed by atoms with E-state index in [1.54, 1.807) is 4.90 Å². The van der Waals surface area contributed by atoms with Gasteiger partial charge in [0, 0.05) is 26.7 Å². The zero-order valence-corrected chi connectivity index (χ0v) is 11.4. The van der Waals surface area contributed by atoms with Crippen LogP contribution >= 0.6 is 0 Å². The van der Waals surface area contributed by atoms with E-state index in [4.69, 9.17) is 10.5 Å². The Kier molecular flexibility index (Phi) is 5.40. The largest absolute Gasteiger partial charge is 0.376 e. The van der Waals surface area contributed by atoms with Crippen LogP contribution in [0.15, 0.2) is 0 Å². The Labute approximate surface area is 104 Å². The molecule has 0 saturated carbocycles. The van der Waals surface area contributed by atoms with E-state index >= 15 is 0 Å². The van der Waals surface area contributed by atoms with Crippen LogP contribution in [-0.2, 0) is 9.53 Å². The number of hydrogen-bond donors (Lipinski definition) is 1. The Morgan fingerprint density at radius 2 is 2.12 bits per heavy atom. The van der Waals surface area contributed by atoms with Crippen molar-refractivity contribution in [3.05, 3.63) is 0 Å². The van der Waals surface area contributed by atoms with E-state index in [1.165, 1.54) is 0 Å². The number of hydrogen-bond acceptors (Lipinski definition) is 3. The van der Waals surface area contributed by atoms with Gasteiger partial charge in [-0.3, -0.25) is 4.79 Å². The zero-order valence-electron chi connectivity index (χ0n) is 11.4. The van der Waals surface area contributed by atoms with Gasteiger partial charge in [-0.2, -0.15) is 0 Å². The minimum Gasteiger partial charge on any atom is -0.376 e. The first-order chi connectivity index (χ1) is 8.09. The number of nitrogens with two attached hydrogens (primary N) is 1. The van der Waals surface area contributed by atoms with Crippen molar-refractivity contribution < 1.29 is 9.53 Å². The standard InChI is InChI=1S/C13H26N2O2/c1-4-13(5-2,10-14)12(16)15(3)9-11-7-6-8-17-11/h11H,4-10,14H2,1-3H3. The van der Waals surface area contributed by atoms with Crippen LogP contribution in [0.25, 0.3) is 0 Å². The molecule has 1 amide bonds. The minimum atomic E-state index is -0.382. The molecule has 0 aromatic carbocycles. The minimum absolute atomic E-state index is 0.167. The summed E-state index contributed by atoms with van der Waals surface area (Å²) in [5.41, 5.74) is 5.42. The van der Waals surface area contributed by atoms with E-state index in [1.807, 2.05) is 20.9 Å². The molecule has 0 aromatic heterocycles. The highest BCUT2D eigenvalue weighted by atomic mass is 16.5. The summed E-state index contributed by atoms with van der Waals surface area (Å²) in [6.07, 6.45) is 3.98. The van der Waals surface area contributed by atoms with Crippen molar-refractivity contribution in [2.75, 3.05) is 26.7 Å². The summed E-state index contributed by atoms with van der Waals surface area (Å²) in [6.45, 7) is 6.02. The number of amides is 1. The molecule has 0 aliphatic carbocycles. The lowest BCUT2D eigenvalue weighted by molar-refractivity contribution is -0.142. The van der Waals surface area contributed by atoms with Gasteiger partial charge in [0.05, 0.1) is 11.5 Å². The molecular weight excluding hydrogens is 216 g/mol. The van der Waals surface area contributed by atoms with Crippen LogP contribution in [0.1, 0.15) is 39.5 Å². The van der Waals surface area contributed by atoms with Crippen LogP contribution in [0.3, 0.4) is 0 Å². The fourth-order valence-corrected chi connectivity index (χ4v) is 2.51. The third-order valence-electron chi connectivity index (χ3n) is 4.05. The second-order valence-electron chi connectivity index (χ2n) is 5.01.